The summed E-state index contributed by atoms with van der Waals surface area (Å²) in [5, 5.41) is 17.4. The summed E-state index contributed by atoms with van der Waals surface area (Å²) in [5.74, 6) is 0. The molecule has 2 aromatic rings. The lowest BCUT2D eigenvalue weighted by Gasteiger charge is -2.18. The Morgan fingerprint density at radius 3 is 2.65 bits per heavy atom. The lowest BCUT2D eigenvalue weighted by atomic mass is 10.1. The van der Waals surface area contributed by atoms with Crippen LogP contribution in [0.1, 0.15) is 31.3 Å². The minimum Gasteiger partial charge on any atom is -0.356 e. The topological polar surface area (TPSA) is 55.6 Å². The van der Waals surface area contributed by atoms with E-state index in [-0.39, 0.29) is 5.54 Å². The molecule has 1 N–H and O–H groups in total. The largest absolute Gasteiger partial charge is 0.356 e. The Bertz CT molecular complexity index is 494. The van der Waals surface area contributed by atoms with Crippen molar-refractivity contribution in [3.8, 4) is 0 Å². The van der Waals surface area contributed by atoms with Crippen molar-refractivity contribution in [3.05, 3.63) is 23.0 Å². The fourth-order valence-electron chi connectivity index (χ4n) is 1.36. The van der Waals surface area contributed by atoms with Crippen LogP contribution in [0.25, 0.3) is 0 Å². The SMILES string of the molecule is Cc1nnc(NCc2cnn(C(C)(C)C)c2)s1. The standard InChI is InChI=1S/C11H17N5S/c1-8-14-15-10(17-8)12-5-9-6-13-16(7-9)11(2,3)4/h6-7H,5H2,1-4H3,(H,12,15). The smallest absolute Gasteiger partial charge is 0.205 e. The van der Waals surface area contributed by atoms with Gasteiger partial charge in [-0.15, -0.1) is 10.2 Å². The van der Waals surface area contributed by atoms with Crippen molar-refractivity contribution in [1.29, 1.82) is 0 Å². The van der Waals surface area contributed by atoms with Gasteiger partial charge >= 0.3 is 0 Å². The van der Waals surface area contributed by atoms with E-state index >= 15 is 0 Å². The van der Waals surface area contributed by atoms with E-state index < -0.39 is 0 Å². The molecule has 2 heterocycles. The zero-order chi connectivity index (χ0) is 12.5. The minimum absolute atomic E-state index is 0.0254. The summed E-state index contributed by atoms with van der Waals surface area (Å²) in [6, 6.07) is 0. The number of hydrogen-bond acceptors (Lipinski definition) is 5. The number of hydrogen-bond donors (Lipinski definition) is 1. The van der Waals surface area contributed by atoms with Crippen molar-refractivity contribution in [3.63, 3.8) is 0 Å². The number of nitrogens with zero attached hydrogens (tertiary/aromatic N) is 4. The van der Waals surface area contributed by atoms with Gasteiger partial charge in [-0.3, -0.25) is 4.68 Å². The van der Waals surface area contributed by atoms with E-state index in [4.69, 9.17) is 0 Å². The lowest BCUT2D eigenvalue weighted by molar-refractivity contribution is 0.355. The predicted octanol–water partition coefficient (Wildman–Crippen LogP) is 2.41. The first-order valence-corrected chi connectivity index (χ1v) is 6.35. The van der Waals surface area contributed by atoms with Crippen molar-refractivity contribution in [2.75, 3.05) is 5.32 Å². The molecule has 2 rings (SSSR count). The second kappa shape index (κ2) is 4.44. The molecule has 0 aliphatic carbocycles. The van der Waals surface area contributed by atoms with Gasteiger partial charge in [0.15, 0.2) is 0 Å². The minimum atomic E-state index is 0.0254. The van der Waals surface area contributed by atoms with Crippen LogP contribution in [0.15, 0.2) is 12.4 Å². The van der Waals surface area contributed by atoms with E-state index in [9.17, 15) is 0 Å². The second-order valence-corrected chi connectivity index (χ2v) is 6.13. The Morgan fingerprint density at radius 1 is 1.35 bits per heavy atom. The average Bonchev–Trinajstić information content (AvgIpc) is 2.82. The highest BCUT2D eigenvalue weighted by Crippen LogP contribution is 2.16. The molecule has 0 bridgehead atoms. The highest BCUT2D eigenvalue weighted by atomic mass is 32.1. The van der Waals surface area contributed by atoms with Crippen LogP contribution < -0.4 is 5.32 Å². The van der Waals surface area contributed by atoms with Gasteiger partial charge in [-0.1, -0.05) is 11.3 Å². The lowest BCUT2D eigenvalue weighted by Crippen LogP contribution is -2.21. The average molecular weight is 251 g/mol. The van der Waals surface area contributed by atoms with Gasteiger partial charge in [0.2, 0.25) is 5.13 Å². The summed E-state index contributed by atoms with van der Waals surface area (Å²) in [7, 11) is 0. The Labute approximate surface area is 105 Å². The molecule has 0 fully saturated rings. The van der Waals surface area contributed by atoms with E-state index in [1.807, 2.05) is 17.8 Å². The van der Waals surface area contributed by atoms with Crippen molar-refractivity contribution in [1.82, 2.24) is 20.0 Å². The van der Waals surface area contributed by atoms with Gasteiger partial charge in [-0.05, 0) is 27.7 Å². The molecule has 0 aromatic carbocycles. The van der Waals surface area contributed by atoms with Crippen molar-refractivity contribution < 1.29 is 0 Å². The van der Waals surface area contributed by atoms with Crippen LogP contribution in [0.4, 0.5) is 5.13 Å². The summed E-state index contributed by atoms with van der Waals surface area (Å²) in [5.41, 5.74) is 1.17. The molecule has 92 valence electrons. The quantitative estimate of drug-likeness (QED) is 0.910. The zero-order valence-electron chi connectivity index (χ0n) is 10.6. The summed E-state index contributed by atoms with van der Waals surface area (Å²) in [4.78, 5) is 0. The number of nitrogens with one attached hydrogen (secondary N) is 1. The molecule has 0 unspecified atom stereocenters. The highest BCUT2D eigenvalue weighted by molar-refractivity contribution is 7.15. The normalized spacial score (nSPS) is 11.8. The Balaban J connectivity index is 1.98. The number of rotatable bonds is 3. The van der Waals surface area contributed by atoms with Gasteiger partial charge < -0.3 is 5.32 Å². The van der Waals surface area contributed by atoms with Crippen LogP contribution in [-0.4, -0.2) is 20.0 Å². The van der Waals surface area contributed by atoms with Gasteiger partial charge in [0.1, 0.15) is 5.01 Å². The third-order valence-electron chi connectivity index (χ3n) is 2.29. The summed E-state index contributed by atoms with van der Waals surface area (Å²) in [6.45, 7) is 9.06. The first-order valence-electron chi connectivity index (χ1n) is 5.53. The van der Waals surface area contributed by atoms with Crippen LogP contribution in [0.2, 0.25) is 0 Å². The van der Waals surface area contributed by atoms with Crippen LogP contribution in [0.3, 0.4) is 0 Å². The molecule has 5 nitrogen and oxygen atoms in total. The van der Waals surface area contributed by atoms with E-state index in [2.05, 4.69) is 47.6 Å². The van der Waals surface area contributed by atoms with E-state index in [0.29, 0.717) is 0 Å². The van der Waals surface area contributed by atoms with Crippen molar-refractivity contribution in [2.45, 2.75) is 39.8 Å². The van der Waals surface area contributed by atoms with Crippen LogP contribution in [0.5, 0.6) is 0 Å². The predicted molar refractivity (Wildman–Crippen MR) is 69.2 cm³/mol. The third-order valence-corrected chi connectivity index (χ3v) is 3.09. The molecule has 0 aliphatic rings. The molecular formula is C11H17N5S. The fraction of sp³-hybridized carbons (Fsp3) is 0.545. The molecule has 17 heavy (non-hydrogen) atoms. The summed E-state index contributed by atoms with van der Waals surface area (Å²) < 4.78 is 1.97. The maximum atomic E-state index is 4.35. The molecule has 0 atom stereocenters. The molecule has 0 saturated carbocycles. The maximum Gasteiger partial charge on any atom is 0.205 e. The monoisotopic (exact) mass is 251 g/mol. The molecule has 0 aliphatic heterocycles. The summed E-state index contributed by atoms with van der Waals surface area (Å²) >= 11 is 1.56. The number of anilines is 1. The van der Waals surface area contributed by atoms with Crippen molar-refractivity contribution >= 4 is 16.5 Å². The molecule has 0 saturated heterocycles. The Morgan fingerprint density at radius 2 is 2.12 bits per heavy atom. The zero-order valence-corrected chi connectivity index (χ0v) is 11.4. The van der Waals surface area contributed by atoms with E-state index in [1.165, 1.54) is 0 Å². The first kappa shape index (κ1) is 12.0. The van der Waals surface area contributed by atoms with Gasteiger partial charge in [-0.25, -0.2) is 0 Å². The van der Waals surface area contributed by atoms with Gasteiger partial charge in [0.05, 0.1) is 11.7 Å². The van der Waals surface area contributed by atoms with Gasteiger partial charge in [0.25, 0.3) is 0 Å². The number of aromatic nitrogens is 4. The third kappa shape index (κ3) is 3.03. The molecule has 0 amide bonds. The van der Waals surface area contributed by atoms with E-state index in [1.54, 1.807) is 11.3 Å². The van der Waals surface area contributed by atoms with Gasteiger partial charge in [0, 0.05) is 18.3 Å². The van der Waals surface area contributed by atoms with Gasteiger partial charge in [-0.2, -0.15) is 5.10 Å². The van der Waals surface area contributed by atoms with Crippen LogP contribution in [-0.2, 0) is 12.1 Å². The molecular weight excluding hydrogens is 234 g/mol. The molecule has 6 heteroatoms. The summed E-state index contributed by atoms with van der Waals surface area (Å²) in [6.07, 6.45) is 3.94. The molecule has 0 radical (unpaired) electrons. The molecule has 2 aromatic heterocycles. The maximum absolute atomic E-state index is 4.35. The fourth-order valence-corrected chi connectivity index (χ4v) is 1.95. The molecule has 0 spiro atoms. The number of aryl methyl sites for hydroxylation is 1. The van der Waals surface area contributed by atoms with E-state index in [0.717, 1.165) is 22.2 Å². The van der Waals surface area contributed by atoms with Crippen LogP contribution >= 0.6 is 11.3 Å². The Hall–Kier alpha value is -1.43. The Kier molecular flexibility index (Phi) is 3.15. The second-order valence-electron chi connectivity index (χ2n) is 4.94. The van der Waals surface area contributed by atoms with Crippen molar-refractivity contribution in [2.24, 2.45) is 0 Å². The highest BCUT2D eigenvalue weighted by Gasteiger charge is 2.13. The first-order chi connectivity index (χ1) is 7.95. The van der Waals surface area contributed by atoms with Crippen LogP contribution in [0, 0.1) is 6.92 Å².